The number of hydrogen-bond acceptors (Lipinski definition) is 11. The highest BCUT2D eigenvalue weighted by Crippen LogP contribution is 2.39. The lowest BCUT2D eigenvalue weighted by Crippen LogP contribution is -2.59. The Kier molecular flexibility index (Phi) is 9.69. The number of halogens is 1. The summed E-state index contributed by atoms with van der Waals surface area (Å²) in [4.78, 5) is 53.8. The fourth-order valence-corrected chi connectivity index (χ4v) is 5.72. The van der Waals surface area contributed by atoms with Crippen LogP contribution >= 0.6 is 11.3 Å². The second kappa shape index (κ2) is 13.2. The van der Waals surface area contributed by atoms with E-state index < -0.39 is 60.5 Å². The van der Waals surface area contributed by atoms with Crippen LogP contribution in [0.4, 0.5) is 4.39 Å². The second-order valence-electron chi connectivity index (χ2n) is 9.75. The molecule has 42 heavy (non-hydrogen) atoms. The lowest BCUT2D eigenvalue weighted by molar-refractivity contribution is -0.298. The molecule has 0 N–H and O–H groups in total. The number of carbonyl (C=O) groups excluding carboxylic acids is 4. The highest BCUT2D eigenvalue weighted by Gasteiger charge is 2.53. The number of carbonyl (C=O) groups is 4. The monoisotopic (exact) mass is 599 g/mol. The van der Waals surface area contributed by atoms with Crippen molar-refractivity contribution in [2.75, 3.05) is 0 Å². The Balaban J connectivity index is 1.70. The van der Waals surface area contributed by atoms with Gasteiger partial charge >= 0.3 is 23.9 Å². The molecule has 1 saturated heterocycles. The van der Waals surface area contributed by atoms with Crippen molar-refractivity contribution < 1.29 is 47.3 Å². The van der Waals surface area contributed by atoms with E-state index in [1.165, 1.54) is 30.5 Å². The van der Waals surface area contributed by atoms with Gasteiger partial charge in [-0.25, -0.2) is 4.98 Å². The molecule has 222 valence electrons. The number of nitrogens with zero attached hydrogens (tertiary/aromatic N) is 1. The van der Waals surface area contributed by atoms with Crippen LogP contribution < -0.4 is 0 Å². The largest absolute Gasteiger partial charge is 0.455 e. The molecule has 3 heterocycles. The molecule has 0 spiro atoms. The van der Waals surface area contributed by atoms with Crippen LogP contribution in [0.15, 0.2) is 48.7 Å². The van der Waals surface area contributed by atoms with Gasteiger partial charge in [0.2, 0.25) is 18.3 Å². The Labute approximate surface area is 245 Å². The van der Waals surface area contributed by atoms with Crippen LogP contribution in [0.3, 0.4) is 0 Å². The van der Waals surface area contributed by atoms with E-state index >= 15 is 0 Å². The first-order valence-corrected chi connectivity index (χ1v) is 13.9. The summed E-state index contributed by atoms with van der Waals surface area (Å²) in [5.74, 6) is -3.44. The maximum atomic E-state index is 13.3. The average molecular weight is 600 g/mol. The Morgan fingerprint density at radius 3 is 2.10 bits per heavy atom. The van der Waals surface area contributed by atoms with Crippen LogP contribution in [0.1, 0.15) is 55.4 Å². The van der Waals surface area contributed by atoms with Crippen LogP contribution in [-0.4, -0.2) is 53.5 Å². The highest BCUT2D eigenvalue weighted by molar-refractivity contribution is 7.15. The van der Waals surface area contributed by atoms with Gasteiger partial charge in [-0.2, -0.15) is 4.39 Å². The Bertz CT molecular complexity index is 1470. The molecule has 4 rings (SSSR count). The topological polar surface area (TPSA) is 127 Å². The van der Waals surface area contributed by atoms with Crippen LogP contribution in [0.25, 0.3) is 10.4 Å². The summed E-state index contributed by atoms with van der Waals surface area (Å²) in [6.45, 7) is 6.58. The van der Waals surface area contributed by atoms with E-state index in [4.69, 9.17) is 23.7 Å². The van der Waals surface area contributed by atoms with E-state index in [0.717, 1.165) is 47.2 Å². The molecule has 5 atom stereocenters. The first kappa shape index (κ1) is 30.8. The van der Waals surface area contributed by atoms with Gasteiger partial charge in [-0.05, 0) is 47.9 Å². The molecule has 1 fully saturated rings. The van der Waals surface area contributed by atoms with E-state index in [1.54, 1.807) is 12.1 Å². The smallest absolute Gasteiger partial charge is 0.305 e. The van der Waals surface area contributed by atoms with Gasteiger partial charge in [-0.1, -0.05) is 18.2 Å². The van der Waals surface area contributed by atoms with Crippen molar-refractivity contribution in [1.29, 1.82) is 0 Å². The van der Waals surface area contributed by atoms with Crippen molar-refractivity contribution in [3.8, 4) is 10.4 Å². The zero-order valence-corrected chi connectivity index (χ0v) is 24.4. The minimum absolute atomic E-state index is 0.542. The Hall–Kier alpha value is -4.16. The number of hydrogen-bond donors (Lipinski definition) is 0. The fourth-order valence-electron chi connectivity index (χ4n) is 4.70. The van der Waals surface area contributed by atoms with E-state index in [1.807, 2.05) is 31.2 Å². The number of pyridine rings is 1. The first-order chi connectivity index (χ1) is 19.9. The first-order valence-electron chi connectivity index (χ1n) is 13.1. The van der Waals surface area contributed by atoms with Crippen molar-refractivity contribution >= 4 is 35.2 Å². The fraction of sp³-hybridized carbons (Fsp3) is 0.367. The zero-order chi connectivity index (χ0) is 30.6. The molecular formula is C30H30FNO9S. The lowest BCUT2D eigenvalue weighted by atomic mass is 9.90. The van der Waals surface area contributed by atoms with E-state index in [2.05, 4.69) is 4.98 Å². The Morgan fingerprint density at radius 1 is 0.833 bits per heavy atom. The molecule has 12 heteroatoms. The van der Waals surface area contributed by atoms with E-state index in [-0.39, 0.29) is 0 Å². The van der Waals surface area contributed by atoms with Gasteiger partial charge < -0.3 is 23.7 Å². The van der Waals surface area contributed by atoms with E-state index in [0.29, 0.717) is 12.0 Å². The number of rotatable bonds is 8. The molecule has 0 radical (unpaired) electrons. The minimum atomic E-state index is -1.46. The highest BCUT2D eigenvalue weighted by atomic mass is 32.1. The van der Waals surface area contributed by atoms with Crippen molar-refractivity contribution in [2.45, 2.75) is 71.7 Å². The van der Waals surface area contributed by atoms with Gasteiger partial charge in [0, 0.05) is 55.6 Å². The third-order valence-corrected chi connectivity index (χ3v) is 7.56. The molecule has 0 saturated carbocycles. The van der Waals surface area contributed by atoms with Gasteiger partial charge in [0.05, 0.1) is 0 Å². The molecule has 1 aliphatic heterocycles. The van der Waals surface area contributed by atoms with E-state index in [9.17, 15) is 23.6 Å². The molecule has 0 amide bonds. The molecule has 10 nitrogen and oxygen atoms in total. The molecular weight excluding hydrogens is 569 g/mol. The minimum Gasteiger partial charge on any atom is -0.455 e. The number of benzene rings is 1. The molecule has 2 aromatic heterocycles. The second-order valence-corrected chi connectivity index (χ2v) is 10.9. The molecule has 1 aromatic carbocycles. The van der Waals surface area contributed by atoms with Crippen molar-refractivity contribution in [2.24, 2.45) is 0 Å². The number of aryl methyl sites for hydroxylation is 1. The summed E-state index contributed by atoms with van der Waals surface area (Å²) in [5.41, 5.74) is 3.26. The summed E-state index contributed by atoms with van der Waals surface area (Å²) >= 11 is 1.54. The molecule has 3 aromatic rings. The van der Waals surface area contributed by atoms with Crippen molar-refractivity contribution in [1.82, 2.24) is 4.98 Å². The number of aromatic nitrogens is 1. The standard InChI is InChI=1S/C30H30FNO9S/c1-15-6-7-20(12-22(15)13-23-9-10-24(42-23)21-8-11-25(31)32-14-21)26-27(37-16(2)33)28(38-17(3)34)29(39-18(4)35)30(41-26)40-19(5)36/h6-12,14,26-30H,13H2,1-5H3. The third kappa shape index (κ3) is 7.56. The number of esters is 4. The molecule has 5 unspecified atom stereocenters. The predicted molar refractivity (Wildman–Crippen MR) is 148 cm³/mol. The summed E-state index contributed by atoms with van der Waals surface area (Å²) in [6, 6.07) is 12.4. The number of thiophene rings is 1. The number of ether oxygens (including phenoxy) is 5. The predicted octanol–water partition coefficient (Wildman–Crippen LogP) is 4.60. The Morgan fingerprint density at radius 2 is 1.48 bits per heavy atom. The summed E-state index contributed by atoms with van der Waals surface area (Å²) < 4.78 is 41.1. The third-order valence-electron chi connectivity index (χ3n) is 6.42. The quantitative estimate of drug-likeness (QED) is 0.206. The van der Waals surface area contributed by atoms with Crippen LogP contribution in [0.5, 0.6) is 0 Å². The molecule has 0 bridgehead atoms. The SMILES string of the molecule is CC(=O)OC1OC(c2ccc(C)c(Cc3ccc(-c4ccc(F)nc4)s3)c2)C(OC(C)=O)C(OC(C)=O)C1OC(C)=O. The maximum Gasteiger partial charge on any atom is 0.305 e. The van der Waals surface area contributed by atoms with Gasteiger partial charge in [0.25, 0.3) is 0 Å². The normalized spacial score (nSPS) is 21.7. The van der Waals surface area contributed by atoms with Crippen LogP contribution in [0, 0.1) is 12.9 Å². The summed E-state index contributed by atoms with van der Waals surface area (Å²) in [5, 5.41) is 0. The average Bonchev–Trinajstić information content (AvgIpc) is 3.36. The summed E-state index contributed by atoms with van der Waals surface area (Å²) in [6.07, 6.45) is -4.47. The van der Waals surface area contributed by atoms with Crippen molar-refractivity contribution in [3.05, 3.63) is 76.2 Å². The molecule has 1 aliphatic rings. The maximum absolute atomic E-state index is 13.3. The zero-order valence-electron chi connectivity index (χ0n) is 23.6. The van der Waals surface area contributed by atoms with Crippen molar-refractivity contribution in [3.63, 3.8) is 0 Å². The lowest BCUT2D eigenvalue weighted by Gasteiger charge is -2.44. The van der Waals surface area contributed by atoms with Crippen LogP contribution in [0.2, 0.25) is 0 Å². The van der Waals surface area contributed by atoms with Crippen LogP contribution in [-0.2, 0) is 49.3 Å². The van der Waals surface area contributed by atoms with Gasteiger partial charge in [0.1, 0.15) is 6.10 Å². The van der Waals surface area contributed by atoms with Gasteiger partial charge in [-0.15, -0.1) is 11.3 Å². The molecule has 0 aliphatic carbocycles. The summed E-state index contributed by atoms with van der Waals surface area (Å²) in [7, 11) is 0. The van der Waals surface area contributed by atoms with Gasteiger partial charge in [0.15, 0.2) is 12.2 Å². The van der Waals surface area contributed by atoms with Gasteiger partial charge in [-0.3, -0.25) is 19.2 Å².